The van der Waals surface area contributed by atoms with Crippen molar-refractivity contribution in [1.29, 1.82) is 0 Å². The first-order valence-corrected chi connectivity index (χ1v) is 33.4. The molecule has 9 fully saturated rings. The summed E-state index contributed by atoms with van der Waals surface area (Å²) in [5.41, 5.74) is -4.18. The molecule has 0 amide bonds. The van der Waals surface area contributed by atoms with E-state index in [1.807, 2.05) is 6.92 Å². The Balaban J connectivity index is 0.911. The van der Waals surface area contributed by atoms with Crippen molar-refractivity contribution >= 4 is 17.9 Å². The maximum Gasteiger partial charge on any atom is 0.317 e. The van der Waals surface area contributed by atoms with E-state index < -0.39 is 242 Å². The Morgan fingerprint density at radius 2 is 1.14 bits per heavy atom. The average molecular weight is 1350 g/mol. The lowest BCUT2D eigenvalue weighted by molar-refractivity contribution is -0.378. The topological polar surface area (TPSA) is 445 Å². The molecule has 0 bridgehead atoms. The molecule has 5 heterocycles. The lowest BCUT2D eigenvalue weighted by Gasteiger charge is -2.72. The molecule has 3 unspecified atom stereocenters. The highest BCUT2D eigenvalue weighted by molar-refractivity contribution is 5.80. The van der Waals surface area contributed by atoms with Crippen LogP contribution in [0, 0.1) is 50.2 Å². The van der Waals surface area contributed by atoms with Crippen LogP contribution in [0.1, 0.15) is 141 Å². The summed E-state index contributed by atoms with van der Waals surface area (Å²) >= 11 is 0. The number of hydrogen-bond donors (Lipinski definition) is 14. The number of aliphatic hydroxyl groups excluding tert-OH is 14. The summed E-state index contributed by atoms with van der Waals surface area (Å²) in [6.45, 7) is 19.8. The number of aliphatic hydroxyl groups is 14. The fourth-order valence-electron chi connectivity index (χ4n) is 18.6. The first kappa shape index (κ1) is 73.9. The van der Waals surface area contributed by atoms with E-state index in [1.54, 1.807) is 0 Å². The van der Waals surface area contributed by atoms with E-state index >= 15 is 4.79 Å². The highest BCUT2D eigenvalue weighted by Gasteiger charge is 2.73. The van der Waals surface area contributed by atoms with Gasteiger partial charge in [-0.15, -0.1) is 0 Å². The Hall–Kier alpha value is -2.77. The standard InChI is InChI=1S/C65H104O29/c1-25(67)19-38(71)90-49-28(4)87-58(52(47(49)80)92-57-51(88-30(6)68)48(81)50(29(5)86-57)91-54-44(77)41(74)34(23-83-54)89-55-45(78)42(75)39(72)26(2)84-55)94-59(82)65-18-17-60(7,8)20-32(65)31-13-14-36-61(9)21-33(69)53(93-56-46(79)43(76)40(73)27(3)85-56)62(10,24-66)35(61)15-16-63(36,11)64(31,12)22-37(65)70/h13,25-29,32-37,39-58,66-67,69-70,72-81H,14-24H2,1-12H3/t25-,26+,27+,28+,29+,32?,33+,34-,35?,36?,37-,39+,40+,41+,42-,43-,44-,45-,46-,47+,48-,49+,50+,51-,52-,53+,54-,55-,56+,57+,58-,61+,62+,63-,64-,65-/m1/s1. The second-order valence-electron chi connectivity index (χ2n) is 30.8. The zero-order valence-corrected chi connectivity index (χ0v) is 55.6. The zero-order valence-electron chi connectivity index (χ0n) is 55.6. The SMILES string of the molecule is CC(=O)O[C@H]1[C@H](O[C@H]2[C@@H](OC(=O)[C@]34CCC(C)(C)CC3C3=CCC5[C@@]6(C)C[C@H](O)[C@H](O[C@@H]7O[C@@H](C)[C@H](O)[C@@H](O)[C@H]7O)[C@@](C)(CO)C6CC[C@@]5(C)[C@]3(C)C[C@H]4O)O[C@@H](C)[C@H](OC(=O)C[C@@H](C)O)[C@@H]2O)O[C@@H](C)[C@H](O[C@H]2OC[C@@H](O[C@H]3O[C@@H](C)[C@H](O)[C@@H](O)[C@H]3O)[C@H](O)[C@H]2O)[C@H]1O. The highest BCUT2D eigenvalue weighted by atomic mass is 16.8. The molecule has 29 heteroatoms. The smallest absolute Gasteiger partial charge is 0.317 e. The number of carbonyl (C=O) groups excluding carboxylic acids is 3. The summed E-state index contributed by atoms with van der Waals surface area (Å²) in [7, 11) is 0. The molecule has 0 aromatic heterocycles. The average Bonchev–Trinajstić information content (AvgIpc) is 0.670. The molecule has 10 aliphatic rings. The quantitative estimate of drug-likeness (QED) is 0.0378. The van der Waals surface area contributed by atoms with Gasteiger partial charge in [-0.05, 0) is 125 Å². The van der Waals surface area contributed by atoms with Crippen LogP contribution in [-0.4, -0.2) is 274 Å². The molecule has 0 aromatic carbocycles. The van der Waals surface area contributed by atoms with Gasteiger partial charge in [0.05, 0.1) is 68.5 Å². The molecular weight excluding hydrogens is 1240 g/mol. The van der Waals surface area contributed by atoms with Crippen LogP contribution in [0.15, 0.2) is 11.6 Å². The molecule has 0 spiro atoms. The maximum absolute atomic E-state index is 15.9. The van der Waals surface area contributed by atoms with E-state index in [9.17, 15) is 81.1 Å². The van der Waals surface area contributed by atoms with Crippen LogP contribution in [0.3, 0.4) is 0 Å². The minimum atomic E-state index is -1.94. The van der Waals surface area contributed by atoms with Gasteiger partial charge >= 0.3 is 17.9 Å². The van der Waals surface area contributed by atoms with E-state index in [2.05, 4.69) is 40.7 Å². The molecule has 538 valence electrons. The summed E-state index contributed by atoms with van der Waals surface area (Å²) in [4.78, 5) is 42.0. The number of fused-ring (bicyclic) bond motifs is 7. The lowest BCUT2D eigenvalue weighted by Crippen LogP contribution is -2.70. The van der Waals surface area contributed by atoms with Gasteiger partial charge in [0, 0.05) is 12.3 Å². The summed E-state index contributed by atoms with van der Waals surface area (Å²) < 4.78 is 72.1. The molecule has 5 aliphatic carbocycles. The van der Waals surface area contributed by atoms with Crippen LogP contribution in [0.2, 0.25) is 0 Å². The zero-order chi connectivity index (χ0) is 69.2. The Morgan fingerprint density at radius 3 is 1.74 bits per heavy atom. The second kappa shape index (κ2) is 27.3. The fraction of sp³-hybridized carbons (Fsp3) is 0.923. The van der Waals surface area contributed by atoms with Crippen LogP contribution >= 0.6 is 0 Å². The largest absolute Gasteiger partial charge is 0.457 e. The molecular formula is C65H104O29. The number of rotatable bonds is 15. The van der Waals surface area contributed by atoms with Crippen LogP contribution in [0.5, 0.6) is 0 Å². The van der Waals surface area contributed by atoms with Crippen molar-refractivity contribution in [1.82, 2.24) is 0 Å². The van der Waals surface area contributed by atoms with Crippen LogP contribution < -0.4 is 0 Å². The van der Waals surface area contributed by atoms with Crippen LogP contribution in [0.25, 0.3) is 0 Å². The number of esters is 3. The Bertz CT molecular complexity index is 2720. The number of allylic oxidation sites excluding steroid dienone is 2. The molecule has 14 N–H and O–H groups in total. The van der Waals surface area contributed by atoms with Gasteiger partial charge < -0.3 is 128 Å². The third kappa shape index (κ3) is 12.8. The van der Waals surface area contributed by atoms with Gasteiger partial charge in [0.25, 0.3) is 0 Å². The number of hydrogen-bond acceptors (Lipinski definition) is 29. The van der Waals surface area contributed by atoms with E-state index in [0.717, 1.165) is 12.5 Å². The Kier molecular flexibility index (Phi) is 21.5. The van der Waals surface area contributed by atoms with Crippen molar-refractivity contribution < 1.29 is 143 Å². The van der Waals surface area contributed by atoms with Crippen molar-refractivity contribution in [3.8, 4) is 0 Å². The molecule has 0 radical (unpaired) electrons. The monoisotopic (exact) mass is 1350 g/mol. The first-order chi connectivity index (χ1) is 43.8. The van der Waals surface area contributed by atoms with Gasteiger partial charge in [0.15, 0.2) is 43.5 Å². The van der Waals surface area contributed by atoms with Crippen molar-refractivity contribution in [2.24, 2.45) is 50.2 Å². The predicted molar refractivity (Wildman–Crippen MR) is 318 cm³/mol. The third-order valence-corrected chi connectivity index (χ3v) is 24.1. The van der Waals surface area contributed by atoms with Gasteiger partial charge in [0.2, 0.25) is 6.29 Å². The Morgan fingerprint density at radius 1 is 0.574 bits per heavy atom. The van der Waals surface area contributed by atoms with Gasteiger partial charge in [0.1, 0.15) is 78.7 Å². The van der Waals surface area contributed by atoms with Gasteiger partial charge in [-0.2, -0.15) is 0 Å². The second-order valence-corrected chi connectivity index (χ2v) is 30.8. The molecule has 5 aliphatic heterocycles. The summed E-state index contributed by atoms with van der Waals surface area (Å²) in [5.74, 6) is -3.86. The lowest BCUT2D eigenvalue weighted by atomic mass is 9.33. The van der Waals surface area contributed by atoms with Gasteiger partial charge in [-0.25, -0.2) is 0 Å². The van der Waals surface area contributed by atoms with Gasteiger partial charge in [-0.1, -0.05) is 53.2 Å². The molecule has 4 saturated carbocycles. The van der Waals surface area contributed by atoms with E-state index in [0.29, 0.717) is 32.1 Å². The maximum atomic E-state index is 15.9. The van der Waals surface area contributed by atoms with Crippen molar-refractivity contribution in [2.45, 2.75) is 313 Å². The van der Waals surface area contributed by atoms with E-state index in [4.69, 9.17) is 56.8 Å². The summed E-state index contributed by atoms with van der Waals surface area (Å²) in [6.07, 6.45) is -38.2. The summed E-state index contributed by atoms with van der Waals surface area (Å²) in [6, 6.07) is 0. The first-order valence-electron chi connectivity index (χ1n) is 33.4. The highest BCUT2D eigenvalue weighted by Crippen LogP contribution is 2.76. The van der Waals surface area contributed by atoms with Crippen LogP contribution in [-0.2, 0) is 71.2 Å². The van der Waals surface area contributed by atoms with Crippen molar-refractivity contribution in [3.63, 3.8) is 0 Å². The number of ether oxygens (including phenoxy) is 12. The van der Waals surface area contributed by atoms with E-state index in [-0.39, 0.29) is 36.5 Å². The molecule has 10 rings (SSSR count). The van der Waals surface area contributed by atoms with Crippen LogP contribution in [0.4, 0.5) is 0 Å². The molecule has 94 heavy (non-hydrogen) atoms. The van der Waals surface area contributed by atoms with E-state index in [1.165, 1.54) is 34.6 Å². The molecule has 0 aromatic rings. The third-order valence-electron chi connectivity index (χ3n) is 24.1. The van der Waals surface area contributed by atoms with Crippen molar-refractivity contribution in [3.05, 3.63) is 11.6 Å². The number of carbonyl (C=O) groups is 3. The minimum absolute atomic E-state index is 0.0874. The molecule has 36 atom stereocenters. The van der Waals surface area contributed by atoms with Gasteiger partial charge in [-0.3, -0.25) is 14.4 Å². The molecule has 29 nitrogen and oxygen atoms in total. The fourth-order valence-corrected chi connectivity index (χ4v) is 18.6. The Labute approximate surface area is 546 Å². The minimum Gasteiger partial charge on any atom is -0.457 e. The molecule has 5 saturated heterocycles. The normalized spacial score (nSPS) is 52.9. The predicted octanol–water partition coefficient (Wildman–Crippen LogP) is -1.65. The summed E-state index contributed by atoms with van der Waals surface area (Å²) in [5, 5.41) is 157. The van der Waals surface area contributed by atoms with Crippen molar-refractivity contribution in [2.75, 3.05) is 13.2 Å².